The van der Waals surface area contributed by atoms with Gasteiger partial charge in [-0.1, -0.05) is 41.9 Å². The minimum atomic E-state index is -0.904. The molecule has 1 unspecified atom stereocenters. The van der Waals surface area contributed by atoms with Gasteiger partial charge in [0, 0.05) is 22.6 Å². The summed E-state index contributed by atoms with van der Waals surface area (Å²) in [6.45, 7) is 1.53. The third-order valence-corrected chi connectivity index (χ3v) is 4.05. The number of Topliss-reactive ketones (excluding diaryl/α,β-unsaturated/α-hetero) is 1. The van der Waals surface area contributed by atoms with Crippen LogP contribution in [0.5, 0.6) is 0 Å². The first-order valence-corrected chi connectivity index (χ1v) is 8.78. The summed E-state index contributed by atoms with van der Waals surface area (Å²) in [5.74, 6) is -0.101. The van der Waals surface area contributed by atoms with Crippen molar-refractivity contribution in [3.63, 3.8) is 0 Å². The van der Waals surface area contributed by atoms with Crippen LogP contribution < -0.4 is 0 Å². The van der Waals surface area contributed by atoms with Crippen molar-refractivity contribution in [1.29, 1.82) is 0 Å². The third kappa shape index (κ3) is 5.01. The first-order chi connectivity index (χ1) is 13.0. The summed E-state index contributed by atoms with van der Waals surface area (Å²) >= 11 is 5.88. The average molecular weight is 385 g/mol. The second-order valence-electron chi connectivity index (χ2n) is 5.87. The first kappa shape index (κ1) is 18.8. The smallest absolute Gasteiger partial charge is 0.307 e. The summed E-state index contributed by atoms with van der Waals surface area (Å²) in [5, 5.41) is 8.35. The number of carbonyl (C=O) groups excluding carboxylic acids is 2. The molecule has 0 spiro atoms. The van der Waals surface area contributed by atoms with E-state index in [-0.39, 0.29) is 18.6 Å². The molecule has 0 saturated carbocycles. The molecule has 0 aliphatic carbocycles. The standard InChI is InChI=1S/C20H17ClN2O4/c1-13(19(25)15-8-5-9-16(21)12-15)26-18(24)11-10-17-22-23-20(27-17)14-6-3-2-4-7-14/h2-9,12-13H,10-11H2,1H3. The van der Waals surface area contributed by atoms with Crippen LogP contribution in [0.25, 0.3) is 11.5 Å². The fourth-order valence-corrected chi connectivity index (χ4v) is 2.64. The van der Waals surface area contributed by atoms with Gasteiger partial charge in [0.15, 0.2) is 6.10 Å². The number of carbonyl (C=O) groups is 2. The minimum absolute atomic E-state index is 0.0313. The second kappa shape index (κ2) is 8.60. The van der Waals surface area contributed by atoms with Crippen molar-refractivity contribution in [2.75, 3.05) is 0 Å². The summed E-state index contributed by atoms with van der Waals surface area (Å²) in [7, 11) is 0. The van der Waals surface area contributed by atoms with Crippen molar-refractivity contribution in [2.24, 2.45) is 0 Å². The maximum absolute atomic E-state index is 12.3. The highest BCUT2D eigenvalue weighted by Gasteiger charge is 2.20. The summed E-state index contributed by atoms with van der Waals surface area (Å²) in [6.07, 6.45) is -0.640. The first-order valence-electron chi connectivity index (χ1n) is 8.40. The molecule has 2 aromatic carbocycles. The van der Waals surface area contributed by atoms with Gasteiger partial charge in [-0.2, -0.15) is 0 Å². The van der Waals surface area contributed by atoms with E-state index in [0.717, 1.165) is 5.56 Å². The van der Waals surface area contributed by atoms with E-state index in [1.807, 2.05) is 30.3 Å². The van der Waals surface area contributed by atoms with E-state index in [0.29, 0.717) is 22.4 Å². The van der Waals surface area contributed by atoms with Crippen molar-refractivity contribution in [3.8, 4) is 11.5 Å². The lowest BCUT2D eigenvalue weighted by atomic mass is 10.1. The summed E-state index contributed by atoms with van der Waals surface area (Å²) < 4.78 is 10.7. The average Bonchev–Trinajstić information content (AvgIpc) is 3.15. The van der Waals surface area contributed by atoms with Gasteiger partial charge in [0.05, 0.1) is 6.42 Å². The van der Waals surface area contributed by atoms with E-state index in [1.165, 1.54) is 13.0 Å². The summed E-state index contributed by atoms with van der Waals surface area (Å²) in [4.78, 5) is 24.3. The molecule has 27 heavy (non-hydrogen) atoms. The Morgan fingerprint density at radius 1 is 1.11 bits per heavy atom. The molecule has 7 heteroatoms. The Balaban J connectivity index is 1.52. The molecule has 0 bridgehead atoms. The van der Waals surface area contributed by atoms with Crippen LogP contribution in [0, 0.1) is 0 Å². The van der Waals surface area contributed by atoms with Crippen LogP contribution in [0.3, 0.4) is 0 Å². The third-order valence-electron chi connectivity index (χ3n) is 3.82. The topological polar surface area (TPSA) is 82.3 Å². The molecular weight excluding hydrogens is 368 g/mol. The number of hydrogen-bond acceptors (Lipinski definition) is 6. The molecule has 0 N–H and O–H groups in total. The molecule has 1 aromatic heterocycles. The van der Waals surface area contributed by atoms with Crippen LogP contribution in [0.2, 0.25) is 5.02 Å². The van der Waals surface area contributed by atoms with Gasteiger partial charge in [-0.3, -0.25) is 9.59 Å². The van der Waals surface area contributed by atoms with Crippen LogP contribution in [0.4, 0.5) is 0 Å². The Morgan fingerprint density at radius 2 is 1.89 bits per heavy atom. The molecule has 1 atom stereocenters. The monoisotopic (exact) mass is 384 g/mol. The summed E-state index contributed by atoms with van der Waals surface area (Å²) in [6, 6.07) is 15.8. The minimum Gasteiger partial charge on any atom is -0.454 e. The Kier molecular flexibility index (Phi) is 5.98. The molecule has 0 fully saturated rings. The van der Waals surface area contributed by atoms with Gasteiger partial charge in [0.1, 0.15) is 0 Å². The van der Waals surface area contributed by atoms with Gasteiger partial charge >= 0.3 is 5.97 Å². The number of benzene rings is 2. The highest BCUT2D eigenvalue weighted by molar-refractivity contribution is 6.31. The Morgan fingerprint density at radius 3 is 2.63 bits per heavy atom. The predicted molar refractivity (Wildman–Crippen MR) is 99.4 cm³/mol. The molecule has 138 valence electrons. The number of ketones is 1. The van der Waals surface area contributed by atoms with Gasteiger partial charge in [0.25, 0.3) is 0 Å². The zero-order valence-electron chi connectivity index (χ0n) is 14.6. The van der Waals surface area contributed by atoms with Crippen LogP contribution in [0.1, 0.15) is 29.6 Å². The molecular formula is C20H17ClN2O4. The number of rotatable bonds is 7. The van der Waals surface area contributed by atoms with Crippen LogP contribution in [-0.4, -0.2) is 28.1 Å². The van der Waals surface area contributed by atoms with E-state index < -0.39 is 12.1 Å². The highest BCUT2D eigenvalue weighted by atomic mass is 35.5. The van der Waals surface area contributed by atoms with Gasteiger partial charge in [-0.25, -0.2) is 0 Å². The molecule has 3 aromatic rings. The number of halogens is 1. The van der Waals surface area contributed by atoms with Gasteiger partial charge in [0.2, 0.25) is 17.6 Å². The maximum atomic E-state index is 12.3. The highest BCUT2D eigenvalue weighted by Crippen LogP contribution is 2.18. The van der Waals surface area contributed by atoms with Gasteiger partial charge < -0.3 is 9.15 Å². The molecule has 3 rings (SSSR count). The second-order valence-corrected chi connectivity index (χ2v) is 6.31. The lowest BCUT2D eigenvalue weighted by Gasteiger charge is -2.12. The molecule has 0 amide bonds. The maximum Gasteiger partial charge on any atom is 0.307 e. The molecule has 6 nitrogen and oxygen atoms in total. The molecule has 0 saturated heterocycles. The van der Waals surface area contributed by atoms with Gasteiger partial charge in [-0.05, 0) is 31.2 Å². The SMILES string of the molecule is CC(OC(=O)CCc1nnc(-c2ccccc2)o1)C(=O)c1cccc(Cl)c1. The van der Waals surface area contributed by atoms with Crippen molar-refractivity contribution in [2.45, 2.75) is 25.9 Å². The van der Waals surface area contributed by atoms with E-state index in [1.54, 1.807) is 18.2 Å². The number of aryl methyl sites for hydroxylation is 1. The number of ether oxygens (including phenoxy) is 1. The molecule has 1 heterocycles. The Labute approximate surface area is 161 Å². The number of nitrogens with zero attached hydrogens (tertiary/aromatic N) is 2. The zero-order chi connectivity index (χ0) is 19.2. The molecule has 0 aliphatic heterocycles. The van der Waals surface area contributed by atoms with E-state index >= 15 is 0 Å². The largest absolute Gasteiger partial charge is 0.454 e. The number of hydrogen-bond donors (Lipinski definition) is 0. The van der Waals surface area contributed by atoms with E-state index in [2.05, 4.69) is 10.2 Å². The van der Waals surface area contributed by atoms with E-state index in [4.69, 9.17) is 20.8 Å². The fourth-order valence-electron chi connectivity index (χ4n) is 2.45. The Hall–Kier alpha value is -2.99. The zero-order valence-corrected chi connectivity index (χ0v) is 15.3. The van der Waals surface area contributed by atoms with Crippen LogP contribution in [-0.2, 0) is 16.0 Å². The summed E-state index contributed by atoms with van der Waals surface area (Å²) in [5.41, 5.74) is 1.20. The van der Waals surface area contributed by atoms with Crippen LogP contribution in [0.15, 0.2) is 59.0 Å². The van der Waals surface area contributed by atoms with Crippen molar-refractivity contribution >= 4 is 23.4 Å². The molecule has 0 radical (unpaired) electrons. The van der Waals surface area contributed by atoms with Crippen molar-refractivity contribution in [1.82, 2.24) is 10.2 Å². The lowest BCUT2D eigenvalue weighted by molar-refractivity contribution is -0.146. The van der Waals surface area contributed by atoms with Crippen LogP contribution >= 0.6 is 11.6 Å². The van der Waals surface area contributed by atoms with E-state index in [9.17, 15) is 9.59 Å². The Bertz CT molecular complexity index is 940. The van der Waals surface area contributed by atoms with Crippen molar-refractivity contribution < 1.29 is 18.7 Å². The predicted octanol–water partition coefficient (Wildman–Crippen LogP) is 4.14. The quantitative estimate of drug-likeness (QED) is 0.449. The molecule has 0 aliphatic rings. The fraction of sp³-hybridized carbons (Fsp3) is 0.200. The normalized spacial score (nSPS) is 11.8. The number of esters is 1. The van der Waals surface area contributed by atoms with Crippen molar-refractivity contribution in [3.05, 3.63) is 71.1 Å². The lowest BCUT2D eigenvalue weighted by Crippen LogP contribution is -2.24. The number of aromatic nitrogens is 2. The van der Waals surface area contributed by atoms with Gasteiger partial charge in [-0.15, -0.1) is 10.2 Å².